The molecule has 0 saturated heterocycles. The number of rotatable bonds is 5. The molecule has 0 spiro atoms. The molecule has 4 heteroatoms. The van der Waals surface area contributed by atoms with Gasteiger partial charge in [-0.15, -0.1) is 0 Å². The van der Waals surface area contributed by atoms with E-state index in [1.54, 1.807) is 0 Å². The number of hydrogen-bond acceptors (Lipinski definition) is 2. The number of nitrogens with zero attached hydrogens (tertiary/aromatic N) is 4. The highest BCUT2D eigenvalue weighted by Gasteiger charge is 2.35. The van der Waals surface area contributed by atoms with E-state index >= 15 is 0 Å². The van der Waals surface area contributed by atoms with Crippen molar-refractivity contribution >= 4 is 66.7 Å². The van der Waals surface area contributed by atoms with Crippen LogP contribution in [0.5, 0.6) is 0 Å². The van der Waals surface area contributed by atoms with Crippen LogP contribution < -0.4 is 0 Å². The summed E-state index contributed by atoms with van der Waals surface area (Å²) >= 11 is 0. The molecule has 0 radical (unpaired) electrons. The topological polar surface area (TPSA) is 35.6 Å². The second-order valence-corrected chi connectivity index (χ2v) is 15.4. The first kappa shape index (κ1) is 32.4. The van der Waals surface area contributed by atoms with E-state index < -0.39 is 0 Å². The molecule has 0 saturated carbocycles. The van der Waals surface area contributed by atoms with Crippen LogP contribution in [-0.2, 0) is 5.41 Å². The molecule has 7 aromatic carbocycles. The smallest absolute Gasteiger partial charge is 0.165 e. The van der Waals surface area contributed by atoms with Crippen LogP contribution >= 0.6 is 0 Å². The van der Waals surface area contributed by atoms with Crippen molar-refractivity contribution in [1.82, 2.24) is 19.1 Å². The molecule has 266 valence electrons. The highest BCUT2D eigenvalue weighted by Crippen LogP contribution is 2.50. The lowest BCUT2D eigenvalue weighted by Gasteiger charge is -2.22. The monoisotopic (exact) mass is 718 g/mol. The van der Waals surface area contributed by atoms with Gasteiger partial charge in [-0.25, -0.2) is 9.97 Å². The maximum Gasteiger partial charge on any atom is 0.165 e. The summed E-state index contributed by atoms with van der Waals surface area (Å²) in [4.78, 5) is 11.0. The molecule has 0 unspecified atom stereocenters. The molecule has 0 amide bonds. The van der Waals surface area contributed by atoms with Crippen LogP contribution in [0.3, 0.4) is 0 Å². The molecular weight excluding hydrogens is 681 g/mol. The lowest BCUT2D eigenvalue weighted by atomic mass is 9.82. The van der Waals surface area contributed by atoms with E-state index in [0.29, 0.717) is 0 Å². The number of allylic oxidation sites excluding steroid dienone is 1. The van der Waals surface area contributed by atoms with Crippen LogP contribution in [0.2, 0.25) is 0 Å². The lowest BCUT2D eigenvalue weighted by Crippen LogP contribution is -2.15. The maximum atomic E-state index is 5.53. The third-order valence-electron chi connectivity index (χ3n) is 12.0. The zero-order chi connectivity index (χ0) is 37.7. The standard InChI is InChI=1S/C52H38N4/c1-5-15-38-39-19-10-14-23-46(39)55(45(38)6-2)34-26-28-40-48(31-34)56(47-29-25-32-16-7-8-17-35(32)49(40)47)51-50(53-43-21-12-13-22-44(43)54-51)33-24-27-37-36-18-9-11-20-41(36)52(3,4)42(37)30-33/h5-31H,2H2,1,3-4H3/b15-5-. The molecule has 0 N–H and O–H groups in total. The predicted octanol–water partition coefficient (Wildman–Crippen LogP) is 13.5. The van der Waals surface area contributed by atoms with E-state index in [9.17, 15) is 0 Å². The Morgan fingerprint density at radius 3 is 2.16 bits per heavy atom. The summed E-state index contributed by atoms with van der Waals surface area (Å²) in [7, 11) is 0. The Kier molecular flexibility index (Phi) is 6.93. The Labute approximate surface area is 325 Å². The molecule has 56 heavy (non-hydrogen) atoms. The summed E-state index contributed by atoms with van der Waals surface area (Å²) < 4.78 is 4.69. The number of aromatic nitrogens is 4. The van der Waals surface area contributed by atoms with E-state index in [0.717, 1.165) is 67.0 Å². The molecule has 0 bridgehead atoms. The minimum atomic E-state index is -0.152. The van der Waals surface area contributed by atoms with Gasteiger partial charge in [0.1, 0.15) is 5.69 Å². The molecule has 11 rings (SSSR count). The van der Waals surface area contributed by atoms with Crippen molar-refractivity contribution in [1.29, 1.82) is 0 Å². The van der Waals surface area contributed by atoms with Crippen LogP contribution in [0, 0.1) is 0 Å². The van der Waals surface area contributed by atoms with Gasteiger partial charge < -0.3 is 4.57 Å². The summed E-state index contributed by atoms with van der Waals surface area (Å²) in [5.41, 5.74) is 15.3. The van der Waals surface area contributed by atoms with Gasteiger partial charge in [-0.05, 0) is 88.5 Å². The highest BCUT2D eigenvalue weighted by atomic mass is 15.1. The summed E-state index contributed by atoms with van der Waals surface area (Å²) in [5.74, 6) is 0.806. The summed E-state index contributed by atoms with van der Waals surface area (Å²) in [6.45, 7) is 11.0. The SMILES string of the molecule is C=Cc1c(/C=C\C)c2ccccc2n1-c1ccc2c3c4ccccc4ccc3n(-c3nc4ccccc4nc3-c3ccc4c(c3)C(C)(C)c3ccccc3-4)c2c1. The van der Waals surface area contributed by atoms with Gasteiger partial charge in [0.05, 0.1) is 33.3 Å². The zero-order valence-corrected chi connectivity index (χ0v) is 31.6. The number of fused-ring (bicyclic) bond motifs is 10. The van der Waals surface area contributed by atoms with Crippen molar-refractivity contribution < 1.29 is 0 Å². The second-order valence-electron chi connectivity index (χ2n) is 15.4. The lowest BCUT2D eigenvalue weighted by molar-refractivity contribution is 0.660. The van der Waals surface area contributed by atoms with E-state index in [4.69, 9.17) is 9.97 Å². The van der Waals surface area contributed by atoms with E-state index in [-0.39, 0.29) is 5.41 Å². The molecule has 3 heterocycles. The van der Waals surface area contributed by atoms with Crippen molar-refractivity contribution in [3.63, 3.8) is 0 Å². The molecule has 0 fully saturated rings. The minimum absolute atomic E-state index is 0.152. The van der Waals surface area contributed by atoms with Gasteiger partial charge in [-0.2, -0.15) is 0 Å². The number of benzene rings is 7. The van der Waals surface area contributed by atoms with Crippen molar-refractivity contribution in [2.75, 3.05) is 0 Å². The average molecular weight is 719 g/mol. The minimum Gasteiger partial charge on any atom is -0.309 e. The first-order valence-electron chi connectivity index (χ1n) is 19.3. The molecular formula is C52H38N4. The molecule has 1 aliphatic carbocycles. The van der Waals surface area contributed by atoms with Gasteiger partial charge in [0.15, 0.2) is 5.82 Å². The molecule has 4 nitrogen and oxygen atoms in total. The van der Waals surface area contributed by atoms with Crippen molar-refractivity contribution in [3.8, 4) is 33.9 Å². The first-order chi connectivity index (χ1) is 27.5. The van der Waals surface area contributed by atoms with Gasteiger partial charge in [-0.3, -0.25) is 4.57 Å². The zero-order valence-electron chi connectivity index (χ0n) is 31.6. The third kappa shape index (κ3) is 4.47. The van der Waals surface area contributed by atoms with Crippen LogP contribution in [0.1, 0.15) is 43.2 Å². The molecule has 1 aliphatic rings. The quantitative estimate of drug-likeness (QED) is 0.178. The Balaban J connectivity index is 1.25. The average Bonchev–Trinajstić information content (AvgIpc) is 3.83. The molecule has 0 aliphatic heterocycles. The van der Waals surface area contributed by atoms with Gasteiger partial charge in [0.2, 0.25) is 0 Å². The fourth-order valence-corrected chi connectivity index (χ4v) is 9.44. The first-order valence-corrected chi connectivity index (χ1v) is 19.3. The van der Waals surface area contributed by atoms with Crippen molar-refractivity contribution in [2.24, 2.45) is 0 Å². The van der Waals surface area contributed by atoms with Gasteiger partial charge in [-0.1, -0.05) is 136 Å². The fourth-order valence-electron chi connectivity index (χ4n) is 9.44. The largest absolute Gasteiger partial charge is 0.309 e. The number of hydrogen-bond donors (Lipinski definition) is 0. The normalized spacial score (nSPS) is 13.4. The molecule has 10 aromatic rings. The van der Waals surface area contributed by atoms with E-state index in [1.807, 2.05) is 18.2 Å². The van der Waals surface area contributed by atoms with Gasteiger partial charge in [0, 0.05) is 38.4 Å². The maximum absolute atomic E-state index is 5.53. The summed E-state index contributed by atoms with van der Waals surface area (Å²) in [5, 5.41) is 5.97. The van der Waals surface area contributed by atoms with Crippen molar-refractivity contribution in [2.45, 2.75) is 26.2 Å². The van der Waals surface area contributed by atoms with Crippen LogP contribution in [0.4, 0.5) is 0 Å². The summed E-state index contributed by atoms with van der Waals surface area (Å²) in [6.07, 6.45) is 6.26. The van der Waals surface area contributed by atoms with Gasteiger partial charge >= 0.3 is 0 Å². The molecule has 0 atom stereocenters. The Morgan fingerprint density at radius 2 is 1.32 bits per heavy atom. The van der Waals surface area contributed by atoms with E-state index in [2.05, 4.69) is 182 Å². The fraction of sp³-hybridized carbons (Fsp3) is 0.0769. The number of para-hydroxylation sites is 3. The van der Waals surface area contributed by atoms with Crippen molar-refractivity contribution in [3.05, 3.63) is 181 Å². The highest BCUT2D eigenvalue weighted by molar-refractivity contribution is 6.21. The summed E-state index contributed by atoms with van der Waals surface area (Å²) in [6, 6.07) is 52.6. The Hall–Kier alpha value is -7.04. The predicted molar refractivity (Wildman–Crippen MR) is 236 cm³/mol. The molecule has 3 aromatic heterocycles. The van der Waals surface area contributed by atoms with Crippen LogP contribution in [0.25, 0.3) is 101 Å². The van der Waals surface area contributed by atoms with Gasteiger partial charge in [0.25, 0.3) is 0 Å². The Morgan fingerprint density at radius 1 is 0.589 bits per heavy atom. The Bertz CT molecular complexity index is 3320. The van der Waals surface area contributed by atoms with Crippen LogP contribution in [0.15, 0.2) is 158 Å². The van der Waals surface area contributed by atoms with E-state index in [1.165, 1.54) is 43.8 Å². The second kappa shape index (κ2) is 12.0. The van der Waals surface area contributed by atoms with Crippen LogP contribution in [-0.4, -0.2) is 19.1 Å². The third-order valence-corrected chi connectivity index (χ3v) is 12.0.